The Labute approximate surface area is 127 Å². The summed E-state index contributed by atoms with van der Waals surface area (Å²) in [5, 5.41) is 3.21. The highest BCUT2D eigenvalue weighted by Gasteiger charge is 2.32. The van der Waals surface area contributed by atoms with E-state index in [0.717, 1.165) is 38.3 Å². The molecule has 0 aliphatic carbocycles. The Morgan fingerprint density at radius 1 is 1.27 bits per heavy atom. The number of piperazine rings is 1. The molecule has 1 aliphatic rings. The zero-order valence-electron chi connectivity index (χ0n) is 12.4. The van der Waals surface area contributed by atoms with Crippen LogP contribution in [0.25, 0.3) is 0 Å². The Morgan fingerprint density at radius 3 is 2.50 bits per heavy atom. The molecule has 0 aromatic heterocycles. The normalized spacial score (nSPS) is 18.2. The van der Waals surface area contributed by atoms with Gasteiger partial charge in [0.2, 0.25) is 0 Å². The second-order valence-corrected chi connectivity index (χ2v) is 5.23. The molecule has 1 N–H and O–H groups in total. The Morgan fingerprint density at radius 2 is 1.95 bits per heavy atom. The first-order valence-electron chi connectivity index (χ1n) is 7.23. The zero-order chi connectivity index (χ0) is 16.2. The summed E-state index contributed by atoms with van der Waals surface area (Å²) in [6.45, 7) is 2.50. The summed E-state index contributed by atoms with van der Waals surface area (Å²) < 4.78 is 56.5. The summed E-state index contributed by atoms with van der Waals surface area (Å²) in [6, 6.07) is 3.15. The lowest BCUT2D eigenvalue weighted by Crippen LogP contribution is -2.45. The summed E-state index contributed by atoms with van der Waals surface area (Å²) >= 11 is 0. The van der Waals surface area contributed by atoms with Crippen molar-refractivity contribution in [2.75, 3.05) is 40.0 Å². The summed E-state index contributed by atoms with van der Waals surface area (Å²) in [7, 11) is 1.34. The molecule has 3 nitrogen and oxygen atoms in total. The van der Waals surface area contributed by atoms with Crippen LogP contribution in [0.15, 0.2) is 18.2 Å². The minimum Gasteiger partial charge on any atom is -0.496 e. The van der Waals surface area contributed by atoms with E-state index in [-0.39, 0.29) is 18.2 Å². The molecular formula is C15H20F4N2O. The van der Waals surface area contributed by atoms with E-state index in [1.807, 2.05) is 0 Å². The van der Waals surface area contributed by atoms with Crippen LogP contribution in [0.5, 0.6) is 5.75 Å². The molecule has 1 aromatic carbocycles. The Kier molecular flexibility index (Phi) is 5.63. The smallest absolute Gasteiger partial charge is 0.416 e. The number of alkyl halides is 4. The topological polar surface area (TPSA) is 24.5 Å². The number of ether oxygens (including phenoxy) is 1. The van der Waals surface area contributed by atoms with Crippen LogP contribution in [-0.2, 0) is 6.18 Å². The van der Waals surface area contributed by atoms with E-state index < -0.39 is 18.4 Å². The SMILES string of the molecule is COc1cc(C(F)(F)F)ccc1[C@H](CCF)N1CCNCC1. The third-order valence-corrected chi connectivity index (χ3v) is 3.89. The second-order valence-electron chi connectivity index (χ2n) is 5.23. The molecule has 124 valence electrons. The van der Waals surface area contributed by atoms with E-state index in [9.17, 15) is 17.6 Å². The molecule has 0 unspecified atom stereocenters. The molecule has 0 bridgehead atoms. The molecule has 1 aromatic rings. The number of halogens is 4. The first-order chi connectivity index (χ1) is 10.5. The van der Waals surface area contributed by atoms with E-state index >= 15 is 0 Å². The lowest BCUT2D eigenvalue weighted by molar-refractivity contribution is -0.137. The van der Waals surface area contributed by atoms with Gasteiger partial charge in [0.15, 0.2) is 0 Å². The molecule has 1 atom stereocenters. The molecule has 0 spiro atoms. The van der Waals surface area contributed by atoms with Gasteiger partial charge < -0.3 is 10.1 Å². The molecule has 7 heteroatoms. The fourth-order valence-corrected chi connectivity index (χ4v) is 2.79. The minimum absolute atomic E-state index is 0.159. The van der Waals surface area contributed by atoms with Crippen LogP contribution in [0.2, 0.25) is 0 Å². The minimum atomic E-state index is -4.42. The van der Waals surface area contributed by atoms with Crippen LogP contribution in [0.1, 0.15) is 23.6 Å². The van der Waals surface area contributed by atoms with E-state index in [1.54, 1.807) is 0 Å². The van der Waals surface area contributed by atoms with Crippen molar-refractivity contribution in [2.45, 2.75) is 18.6 Å². The standard InChI is InChI=1S/C15H20F4N2O/c1-22-14-10-11(15(17,18)19)2-3-12(14)13(4-5-16)21-8-6-20-7-9-21/h2-3,10,13,20H,4-9H2,1H3/t13-/m0/s1. The van der Waals surface area contributed by atoms with Crippen LogP contribution >= 0.6 is 0 Å². The van der Waals surface area contributed by atoms with E-state index in [2.05, 4.69) is 10.2 Å². The average Bonchev–Trinajstić information content (AvgIpc) is 2.52. The maximum Gasteiger partial charge on any atom is 0.416 e. The van der Waals surface area contributed by atoms with Crippen molar-refractivity contribution in [3.63, 3.8) is 0 Å². The highest BCUT2D eigenvalue weighted by atomic mass is 19.4. The summed E-state index contributed by atoms with van der Waals surface area (Å²) in [5.41, 5.74) is -0.151. The lowest BCUT2D eigenvalue weighted by atomic mass is 9.98. The Balaban J connectivity index is 2.33. The molecule has 22 heavy (non-hydrogen) atoms. The molecule has 1 saturated heterocycles. The number of nitrogens with zero attached hydrogens (tertiary/aromatic N) is 1. The van der Waals surface area contributed by atoms with E-state index in [0.29, 0.717) is 5.56 Å². The Bertz CT molecular complexity index is 487. The maximum absolute atomic E-state index is 12.9. The number of hydrogen-bond acceptors (Lipinski definition) is 3. The molecule has 2 rings (SSSR count). The second kappa shape index (κ2) is 7.28. The number of nitrogens with one attached hydrogen (secondary N) is 1. The highest BCUT2D eigenvalue weighted by Crippen LogP contribution is 2.37. The summed E-state index contributed by atoms with van der Waals surface area (Å²) in [5.74, 6) is 0.159. The third kappa shape index (κ3) is 3.89. The van der Waals surface area contributed by atoms with Crippen LogP contribution < -0.4 is 10.1 Å². The molecule has 1 heterocycles. The van der Waals surface area contributed by atoms with Crippen LogP contribution in [-0.4, -0.2) is 44.9 Å². The van der Waals surface area contributed by atoms with Crippen molar-refractivity contribution >= 4 is 0 Å². The first-order valence-corrected chi connectivity index (χ1v) is 7.23. The van der Waals surface area contributed by atoms with Gasteiger partial charge in [-0.1, -0.05) is 6.07 Å². The lowest BCUT2D eigenvalue weighted by Gasteiger charge is -2.35. The largest absolute Gasteiger partial charge is 0.496 e. The van der Waals surface area contributed by atoms with Gasteiger partial charge in [-0.25, -0.2) is 0 Å². The molecule has 0 amide bonds. The van der Waals surface area contributed by atoms with Crippen molar-refractivity contribution in [3.8, 4) is 5.75 Å². The average molecular weight is 320 g/mol. The number of hydrogen-bond donors (Lipinski definition) is 1. The Hall–Kier alpha value is -1.34. The maximum atomic E-state index is 12.9. The van der Waals surface area contributed by atoms with Gasteiger partial charge in [0.25, 0.3) is 0 Å². The quantitative estimate of drug-likeness (QED) is 0.844. The van der Waals surface area contributed by atoms with Gasteiger partial charge in [0.05, 0.1) is 19.3 Å². The van der Waals surface area contributed by atoms with Crippen molar-refractivity contribution in [2.24, 2.45) is 0 Å². The predicted molar refractivity (Wildman–Crippen MR) is 75.8 cm³/mol. The molecule has 0 radical (unpaired) electrons. The van der Waals surface area contributed by atoms with Gasteiger partial charge in [-0.05, 0) is 18.6 Å². The van der Waals surface area contributed by atoms with Gasteiger partial charge in [0.1, 0.15) is 5.75 Å². The summed E-state index contributed by atoms with van der Waals surface area (Å²) in [6.07, 6.45) is -4.18. The molecule has 1 aliphatic heterocycles. The van der Waals surface area contributed by atoms with Crippen LogP contribution in [0, 0.1) is 0 Å². The predicted octanol–water partition coefficient (Wildman–Crippen LogP) is 3.02. The summed E-state index contributed by atoms with van der Waals surface area (Å²) in [4.78, 5) is 2.08. The van der Waals surface area contributed by atoms with E-state index in [4.69, 9.17) is 4.74 Å². The van der Waals surface area contributed by atoms with Crippen molar-refractivity contribution < 1.29 is 22.3 Å². The van der Waals surface area contributed by atoms with Gasteiger partial charge in [0, 0.05) is 37.8 Å². The molecule has 0 saturated carbocycles. The van der Waals surface area contributed by atoms with Crippen LogP contribution in [0.4, 0.5) is 17.6 Å². The fraction of sp³-hybridized carbons (Fsp3) is 0.600. The molecule has 1 fully saturated rings. The van der Waals surface area contributed by atoms with Crippen molar-refractivity contribution in [3.05, 3.63) is 29.3 Å². The van der Waals surface area contributed by atoms with Crippen molar-refractivity contribution in [1.82, 2.24) is 10.2 Å². The van der Waals surface area contributed by atoms with Gasteiger partial charge >= 0.3 is 6.18 Å². The van der Waals surface area contributed by atoms with Crippen molar-refractivity contribution in [1.29, 1.82) is 0 Å². The number of rotatable bonds is 5. The van der Waals surface area contributed by atoms with Gasteiger partial charge in [-0.2, -0.15) is 13.2 Å². The first kappa shape index (κ1) is 17.0. The van der Waals surface area contributed by atoms with Gasteiger partial charge in [-0.15, -0.1) is 0 Å². The fourth-order valence-electron chi connectivity index (χ4n) is 2.79. The van der Waals surface area contributed by atoms with E-state index in [1.165, 1.54) is 13.2 Å². The number of benzene rings is 1. The van der Waals surface area contributed by atoms with Gasteiger partial charge in [-0.3, -0.25) is 9.29 Å². The highest BCUT2D eigenvalue weighted by molar-refractivity contribution is 5.41. The third-order valence-electron chi connectivity index (χ3n) is 3.89. The number of methoxy groups -OCH3 is 1. The zero-order valence-corrected chi connectivity index (χ0v) is 12.4. The van der Waals surface area contributed by atoms with Crippen LogP contribution in [0.3, 0.4) is 0 Å². The molecular weight excluding hydrogens is 300 g/mol. The monoisotopic (exact) mass is 320 g/mol.